The summed E-state index contributed by atoms with van der Waals surface area (Å²) < 4.78 is 1.05. The average molecular weight is 325 g/mol. The third kappa shape index (κ3) is 3.95. The molecule has 1 N–H and O–H groups in total. The summed E-state index contributed by atoms with van der Waals surface area (Å²) in [6.45, 7) is 7.86. The van der Waals surface area contributed by atoms with Crippen LogP contribution in [0, 0.1) is 18.3 Å². The molecule has 19 heavy (non-hydrogen) atoms. The maximum absolute atomic E-state index is 4.49. The lowest BCUT2D eigenvalue weighted by Crippen LogP contribution is -2.29. The summed E-state index contributed by atoms with van der Waals surface area (Å²) in [5, 5.41) is 3.60. The molecule has 3 heteroatoms. The van der Waals surface area contributed by atoms with Gasteiger partial charge in [0, 0.05) is 17.2 Å². The van der Waals surface area contributed by atoms with Crippen molar-refractivity contribution in [3.63, 3.8) is 0 Å². The van der Waals surface area contributed by atoms with Gasteiger partial charge in [-0.2, -0.15) is 0 Å². The largest absolute Gasteiger partial charge is 0.369 e. The lowest BCUT2D eigenvalue weighted by molar-refractivity contribution is 0.252. The third-order valence-corrected chi connectivity index (χ3v) is 4.61. The monoisotopic (exact) mass is 324 g/mol. The fourth-order valence-corrected chi connectivity index (χ4v) is 3.89. The Morgan fingerprint density at radius 3 is 2.63 bits per heavy atom. The summed E-state index contributed by atoms with van der Waals surface area (Å²) in [7, 11) is 0. The zero-order valence-electron chi connectivity index (χ0n) is 12.3. The van der Waals surface area contributed by atoms with E-state index in [4.69, 9.17) is 0 Å². The van der Waals surface area contributed by atoms with Gasteiger partial charge in [0.05, 0.1) is 0 Å². The molecule has 1 aromatic heterocycles. The molecule has 0 aliphatic heterocycles. The lowest BCUT2D eigenvalue weighted by Gasteiger charge is -2.31. The van der Waals surface area contributed by atoms with Crippen LogP contribution >= 0.6 is 15.9 Å². The zero-order chi connectivity index (χ0) is 13.9. The van der Waals surface area contributed by atoms with E-state index in [0.29, 0.717) is 5.41 Å². The minimum atomic E-state index is 0.495. The first-order valence-corrected chi connectivity index (χ1v) is 8.16. The average Bonchev–Trinajstić information content (AvgIpc) is 2.76. The molecule has 0 aromatic carbocycles. The van der Waals surface area contributed by atoms with Crippen molar-refractivity contribution in [2.24, 2.45) is 11.3 Å². The third-order valence-electron chi connectivity index (χ3n) is 4.18. The van der Waals surface area contributed by atoms with E-state index in [1.54, 1.807) is 0 Å². The summed E-state index contributed by atoms with van der Waals surface area (Å²) >= 11 is 3.47. The molecule has 0 amide bonds. The second-order valence-corrected chi connectivity index (χ2v) is 7.39. The van der Waals surface area contributed by atoms with Crippen molar-refractivity contribution >= 4 is 21.7 Å². The molecule has 106 valence electrons. The van der Waals surface area contributed by atoms with Crippen LogP contribution in [0.2, 0.25) is 0 Å². The molecule has 2 nitrogen and oxygen atoms in total. The number of aromatic nitrogens is 1. The van der Waals surface area contributed by atoms with Gasteiger partial charge in [0.2, 0.25) is 0 Å². The van der Waals surface area contributed by atoms with Gasteiger partial charge in [-0.05, 0) is 65.1 Å². The van der Waals surface area contributed by atoms with Gasteiger partial charge < -0.3 is 5.32 Å². The minimum Gasteiger partial charge on any atom is -0.369 e. The first kappa shape index (κ1) is 14.8. The van der Waals surface area contributed by atoms with Gasteiger partial charge in [-0.25, -0.2) is 4.98 Å². The van der Waals surface area contributed by atoms with Crippen LogP contribution in [0.3, 0.4) is 0 Å². The quantitative estimate of drug-likeness (QED) is 0.808. The molecule has 2 rings (SSSR count). The Labute approximate surface area is 125 Å². The second kappa shape index (κ2) is 6.25. The predicted octanol–water partition coefficient (Wildman–Crippen LogP) is 5.17. The Morgan fingerprint density at radius 1 is 1.37 bits per heavy atom. The molecular weight excluding hydrogens is 300 g/mol. The summed E-state index contributed by atoms with van der Waals surface area (Å²) in [4.78, 5) is 4.49. The van der Waals surface area contributed by atoms with Crippen molar-refractivity contribution in [2.45, 2.75) is 52.9 Å². The van der Waals surface area contributed by atoms with Crippen LogP contribution in [-0.2, 0) is 0 Å². The first-order valence-electron chi connectivity index (χ1n) is 7.37. The molecule has 0 bridgehead atoms. The fourth-order valence-electron chi connectivity index (χ4n) is 3.44. The van der Waals surface area contributed by atoms with Crippen molar-refractivity contribution in [2.75, 3.05) is 11.9 Å². The Hall–Kier alpha value is -0.570. The Morgan fingerprint density at radius 2 is 2.05 bits per heavy atom. The molecule has 0 saturated heterocycles. The highest BCUT2D eigenvalue weighted by atomic mass is 79.9. The van der Waals surface area contributed by atoms with Crippen LogP contribution in [0.15, 0.2) is 16.7 Å². The van der Waals surface area contributed by atoms with Gasteiger partial charge in [-0.1, -0.05) is 26.7 Å². The molecule has 1 fully saturated rings. The summed E-state index contributed by atoms with van der Waals surface area (Å²) in [6, 6.07) is 2.12. The second-order valence-electron chi connectivity index (χ2n) is 6.48. The van der Waals surface area contributed by atoms with Gasteiger partial charge in [0.15, 0.2) is 0 Å². The zero-order valence-corrected chi connectivity index (χ0v) is 13.9. The van der Waals surface area contributed by atoms with Gasteiger partial charge in [0.25, 0.3) is 0 Å². The molecule has 1 saturated carbocycles. The molecule has 0 spiro atoms. The number of nitrogens with one attached hydrogen (secondary N) is 1. The van der Waals surface area contributed by atoms with Gasteiger partial charge in [-0.3, -0.25) is 0 Å². The highest BCUT2D eigenvalue weighted by molar-refractivity contribution is 9.10. The number of rotatable bonds is 5. The normalized spacial score (nSPS) is 17.9. The molecule has 1 aromatic rings. The highest BCUT2D eigenvalue weighted by Crippen LogP contribution is 2.43. The summed E-state index contributed by atoms with van der Waals surface area (Å²) in [6.07, 6.45) is 8.72. The molecule has 1 heterocycles. The van der Waals surface area contributed by atoms with Crippen molar-refractivity contribution < 1.29 is 0 Å². The Bertz CT molecular complexity index is 423. The highest BCUT2D eigenvalue weighted by Gasteiger charge is 2.34. The standard InChI is InChI=1S/C16H25BrN2/c1-12(2)9-16(6-4-5-7-16)11-19-15-13(3)8-14(17)10-18-15/h8,10,12H,4-7,9,11H2,1-3H3,(H,18,19). The lowest BCUT2D eigenvalue weighted by atomic mass is 9.78. The van der Waals surface area contributed by atoms with E-state index in [-0.39, 0.29) is 0 Å². The number of nitrogens with zero attached hydrogens (tertiary/aromatic N) is 1. The minimum absolute atomic E-state index is 0.495. The Kier molecular flexibility index (Phi) is 4.88. The number of aryl methyl sites for hydroxylation is 1. The van der Waals surface area contributed by atoms with Crippen molar-refractivity contribution in [3.8, 4) is 0 Å². The van der Waals surface area contributed by atoms with E-state index in [0.717, 1.165) is 22.8 Å². The van der Waals surface area contributed by atoms with E-state index in [9.17, 15) is 0 Å². The molecular formula is C16H25BrN2. The van der Waals surface area contributed by atoms with Crippen LogP contribution in [0.5, 0.6) is 0 Å². The number of halogens is 1. The summed E-state index contributed by atoms with van der Waals surface area (Å²) in [5.41, 5.74) is 1.71. The van der Waals surface area contributed by atoms with Gasteiger partial charge in [0.1, 0.15) is 5.82 Å². The molecule has 0 atom stereocenters. The predicted molar refractivity (Wildman–Crippen MR) is 85.5 cm³/mol. The number of anilines is 1. The van der Waals surface area contributed by atoms with Crippen LogP contribution < -0.4 is 5.32 Å². The SMILES string of the molecule is Cc1cc(Br)cnc1NCC1(CC(C)C)CCCC1. The number of pyridine rings is 1. The molecule has 1 aliphatic carbocycles. The van der Waals surface area contributed by atoms with E-state index < -0.39 is 0 Å². The van der Waals surface area contributed by atoms with E-state index in [1.165, 1.54) is 37.7 Å². The van der Waals surface area contributed by atoms with Crippen LogP contribution in [0.1, 0.15) is 51.5 Å². The van der Waals surface area contributed by atoms with Crippen molar-refractivity contribution in [3.05, 3.63) is 22.3 Å². The van der Waals surface area contributed by atoms with Crippen LogP contribution in [0.4, 0.5) is 5.82 Å². The van der Waals surface area contributed by atoms with E-state index >= 15 is 0 Å². The van der Waals surface area contributed by atoms with E-state index in [1.807, 2.05) is 6.20 Å². The van der Waals surface area contributed by atoms with Gasteiger partial charge >= 0.3 is 0 Å². The molecule has 1 aliphatic rings. The topological polar surface area (TPSA) is 24.9 Å². The summed E-state index contributed by atoms with van der Waals surface area (Å²) in [5.74, 6) is 1.82. The van der Waals surface area contributed by atoms with E-state index in [2.05, 4.69) is 53.1 Å². The first-order chi connectivity index (χ1) is 9.01. The van der Waals surface area contributed by atoms with Crippen LogP contribution in [-0.4, -0.2) is 11.5 Å². The molecule has 0 unspecified atom stereocenters. The maximum atomic E-state index is 4.49. The Balaban J connectivity index is 2.02. The smallest absolute Gasteiger partial charge is 0.128 e. The molecule has 0 radical (unpaired) electrons. The fraction of sp³-hybridized carbons (Fsp3) is 0.688. The number of hydrogen-bond donors (Lipinski definition) is 1. The van der Waals surface area contributed by atoms with Gasteiger partial charge in [-0.15, -0.1) is 0 Å². The maximum Gasteiger partial charge on any atom is 0.128 e. The van der Waals surface area contributed by atoms with Crippen LogP contribution in [0.25, 0.3) is 0 Å². The van der Waals surface area contributed by atoms with Crippen molar-refractivity contribution in [1.82, 2.24) is 4.98 Å². The van der Waals surface area contributed by atoms with Crippen molar-refractivity contribution in [1.29, 1.82) is 0 Å². The number of hydrogen-bond acceptors (Lipinski definition) is 2.